The van der Waals surface area contributed by atoms with Gasteiger partial charge in [0.05, 0.1) is 12.0 Å². The van der Waals surface area contributed by atoms with Crippen molar-refractivity contribution in [2.75, 3.05) is 6.61 Å². The van der Waals surface area contributed by atoms with Gasteiger partial charge >= 0.3 is 5.97 Å². The third-order valence-corrected chi connectivity index (χ3v) is 6.85. The van der Waals surface area contributed by atoms with Crippen molar-refractivity contribution in [2.45, 2.75) is 63.3 Å². The Kier molecular flexibility index (Phi) is 5.84. The first kappa shape index (κ1) is 18.5. The van der Waals surface area contributed by atoms with E-state index in [4.69, 9.17) is 4.74 Å². The zero-order valence-corrected chi connectivity index (χ0v) is 16.5. The predicted octanol–water partition coefficient (Wildman–Crippen LogP) is 3.93. The largest absolute Gasteiger partial charge is 0.465 e. The van der Waals surface area contributed by atoms with Crippen molar-refractivity contribution in [3.63, 3.8) is 0 Å². The van der Waals surface area contributed by atoms with Crippen molar-refractivity contribution in [1.29, 1.82) is 0 Å². The number of thioether (sulfide) groups is 1. The molecule has 2 aromatic rings. The van der Waals surface area contributed by atoms with Gasteiger partial charge in [-0.2, -0.15) is 0 Å². The van der Waals surface area contributed by atoms with Gasteiger partial charge in [-0.3, -0.25) is 9.59 Å². The van der Waals surface area contributed by atoms with Gasteiger partial charge in [-0.25, -0.2) is 4.98 Å². The van der Waals surface area contributed by atoms with E-state index in [9.17, 15) is 9.59 Å². The van der Waals surface area contributed by atoms with Crippen LogP contribution in [0.15, 0.2) is 9.95 Å². The topological polar surface area (TPSA) is 72.0 Å². The highest BCUT2D eigenvalue weighted by Gasteiger charge is 2.25. The number of ether oxygens (including phenoxy) is 1. The van der Waals surface area contributed by atoms with Crippen LogP contribution in [0.1, 0.15) is 50.5 Å². The van der Waals surface area contributed by atoms with E-state index in [0.717, 1.165) is 35.9 Å². The summed E-state index contributed by atoms with van der Waals surface area (Å²) in [6.07, 6.45) is 4.53. The summed E-state index contributed by atoms with van der Waals surface area (Å²) in [6, 6.07) is 0. The number of aryl methyl sites for hydroxylation is 1. The van der Waals surface area contributed by atoms with Crippen LogP contribution in [0.5, 0.6) is 0 Å². The second-order valence-electron chi connectivity index (χ2n) is 6.59. The molecule has 25 heavy (non-hydrogen) atoms. The van der Waals surface area contributed by atoms with Crippen molar-refractivity contribution in [3.8, 4) is 0 Å². The number of aromatic amines is 1. The van der Waals surface area contributed by atoms with Gasteiger partial charge in [0.1, 0.15) is 10.1 Å². The van der Waals surface area contributed by atoms with Crippen LogP contribution >= 0.6 is 23.1 Å². The normalized spacial score (nSPS) is 18.1. The summed E-state index contributed by atoms with van der Waals surface area (Å²) in [5, 5.41) is 0.907. The summed E-state index contributed by atoms with van der Waals surface area (Å²) in [6.45, 7) is 6.58. The number of hydrogen-bond acceptors (Lipinski definition) is 6. The van der Waals surface area contributed by atoms with Crippen LogP contribution in [0.25, 0.3) is 10.2 Å². The third kappa shape index (κ3) is 3.92. The number of nitrogens with zero attached hydrogens (tertiary/aromatic N) is 1. The van der Waals surface area contributed by atoms with E-state index >= 15 is 0 Å². The van der Waals surface area contributed by atoms with Crippen LogP contribution in [0.3, 0.4) is 0 Å². The van der Waals surface area contributed by atoms with E-state index < -0.39 is 0 Å². The molecule has 0 fully saturated rings. The molecule has 3 rings (SSSR count). The van der Waals surface area contributed by atoms with Gasteiger partial charge in [0.15, 0.2) is 5.16 Å². The highest BCUT2D eigenvalue weighted by atomic mass is 32.2. The number of rotatable bonds is 6. The van der Waals surface area contributed by atoms with Crippen LogP contribution < -0.4 is 5.56 Å². The van der Waals surface area contributed by atoms with Crippen LogP contribution in [-0.4, -0.2) is 27.8 Å². The van der Waals surface area contributed by atoms with E-state index in [0.29, 0.717) is 24.1 Å². The van der Waals surface area contributed by atoms with E-state index in [1.807, 2.05) is 13.8 Å². The highest BCUT2D eigenvalue weighted by molar-refractivity contribution is 8.00. The van der Waals surface area contributed by atoms with Gasteiger partial charge in [-0.15, -0.1) is 11.3 Å². The van der Waals surface area contributed by atoms with Gasteiger partial charge in [0.2, 0.25) is 0 Å². The number of hydrogen-bond donors (Lipinski definition) is 1. The number of esters is 1. The fourth-order valence-electron chi connectivity index (χ4n) is 3.11. The summed E-state index contributed by atoms with van der Waals surface area (Å²) in [5.74, 6) is 0.419. The Labute approximate surface area is 155 Å². The zero-order chi connectivity index (χ0) is 18.0. The molecule has 0 spiro atoms. The third-order valence-electron chi connectivity index (χ3n) is 4.48. The average Bonchev–Trinajstić information content (AvgIpc) is 2.95. The first-order valence-corrected chi connectivity index (χ1v) is 10.6. The highest BCUT2D eigenvalue weighted by Crippen LogP contribution is 2.36. The SMILES string of the molecule is CCCOC(=O)C(CC)Sc1nc2sc3c(c2c(=O)[nH]1)CCC(C)C3. The molecular formula is C18H24N2O3S2. The molecule has 136 valence electrons. The van der Waals surface area contributed by atoms with E-state index in [2.05, 4.69) is 16.9 Å². The molecule has 2 heterocycles. The smallest absolute Gasteiger partial charge is 0.319 e. The number of carbonyl (C=O) groups excluding carboxylic acids is 1. The lowest BCUT2D eigenvalue weighted by Crippen LogP contribution is -2.21. The lowest BCUT2D eigenvalue weighted by atomic mass is 9.89. The first-order valence-electron chi connectivity index (χ1n) is 8.91. The van der Waals surface area contributed by atoms with Gasteiger partial charge in [0, 0.05) is 4.88 Å². The minimum absolute atomic E-state index is 0.0867. The molecule has 1 aliphatic carbocycles. The Morgan fingerprint density at radius 2 is 2.28 bits per heavy atom. The van der Waals surface area contributed by atoms with Crippen LogP contribution in [0.2, 0.25) is 0 Å². The maximum atomic E-state index is 12.6. The van der Waals surface area contributed by atoms with E-state index in [-0.39, 0.29) is 16.8 Å². The van der Waals surface area contributed by atoms with Crippen LogP contribution in [0.4, 0.5) is 0 Å². The summed E-state index contributed by atoms with van der Waals surface area (Å²) in [5.41, 5.74) is 1.09. The standard InChI is InChI=1S/C18H24N2O3S2/c1-4-8-23-17(22)12(5-2)25-18-19-15(21)14-11-7-6-10(3)9-13(11)24-16(14)20-18/h10,12H,4-9H2,1-3H3,(H,19,20,21). The number of thiophene rings is 1. The molecule has 2 aromatic heterocycles. The Morgan fingerprint density at radius 1 is 1.48 bits per heavy atom. The van der Waals surface area contributed by atoms with Crippen LogP contribution in [-0.2, 0) is 22.4 Å². The summed E-state index contributed by atoms with van der Waals surface area (Å²) < 4.78 is 5.24. The molecule has 2 atom stereocenters. The summed E-state index contributed by atoms with van der Waals surface area (Å²) >= 11 is 2.92. The van der Waals surface area contributed by atoms with E-state index in [1.54, 1.807) is 11.3 Å². The van der Waals surface area contributed by atoms with Gasteiger partial charge in [-0.05, 0) is 43.6 Å². The Bertz CT molecular complexity index is 828. The molecule has 2 unspecified atom stereocenters. The van der Waals surface area contributed by atoms with Crippen molar-refractivity contribution >= 4 is 39.3 Å². The maximum absolute atomic E-state index is 12.6. The minimum atomic E-state index is -0.346. The molecule has 0 bridgehead atoms. The molecule has 0 aliphatic heterocycles. The van der Waals surface area contributed by atoms with Gasteiger partial charge < -0.3 is 9.72 Å². The Morgan fingerprint density at radius 3 is 3.00 bits per heavy atom. The fraction of sp³-hybridized carbons (Fsp3) is 0.611. The Balaban J connectivity index is 1.88. The predicted molar refractivity (Wildman–Crippen MR) is 103 cm³/mol. The molecule has 5 nitrogen and oxygen atoms in total. The minimum Gasteiger partial charge on any atom is -0.465 e. The number of aromatic nitrogens is 2. The monoisotopic (exact) mass is 380 g/mol. The Hall–Kier alpha value is -1.34. The maximum Gasteiger partial charge on any atom is 0.319 e. The molecule has 0 saturated heterocycles. The van der Waals surface area contributed by atoms with E-state index in [1.165, 1.54) is 22.2 Å². The molecule has 0 aromatic carbocycles. The van der Waals surface area contributed by atoms with Crippen molar-refractivity contribution in [3.05, 3.63) is 20.8 Å². The molecule has 1 aliphatic rings. The lowest BCUT2D eigenvalue weighted by molar-refractivity contribution is -0.143. The average molecular weight is 381 g/mol. The zero-order valence-electron chi connectivity index (χ0n) is 14.9. The van der Waals surface area contributed by atoms with Crippen molar-refractivity contribution in [1.82, 2.24) is 9.97 Å². The summed E-state index contributed by atoms with van der Waals surface area (Å²) in [4.78, 5) is 34.3. The molecule has 7 heteroatoms. The molecule has 1 N–H and O–H groups in total. The lowest BCUT2D eigenvalue weighted by Gasteiger charge is -2.17. The number of carbonyl (C=O) groups is 1. The molecular weight excluding hydrogens is 356 g/mol. The van der Waals surface area contributed by atoms with Crippen molar-refractivity contribution < 1.29 is 9.53 Å². The van der Waals surface area contributed by atoms with Gasteiger partial charge in [-0.1, -0.05) is 32.5 Å². The summed E-state index contributed by atoms with van der Waals surface area (Å²) in [7, 11) is 0. The molecule has 0 amide bonds. The first-order chi connectivity index (χ1) is 12.0. The quantitative estimate of drug-likeness (QED) is 0.467. The second-order valence-corrected chi connectivity index (χ2v) is 8.86. The fourth-order valence-corrected chi connectivity index (χ4v) is 5.45. The number of nitrogens with one attached hydrogen (secondary N) is 1. The van der Waals surface area contributed by atoms with Gasteiger partial charge in [0.25, 0.3) is 5.56 Å². The molecule has 0 saturated carbocycles. The molecule has 0 radical (unpaired) electrons. The second kappa shape index (κ2) is 7.91. The number of fused-ring (bicyclic) bond motifs is 3. The van der Waals surface area contributed by atoms with Crippen molar-refractivity contribution in [2.24, 2.45) is 5.92 Å². The number of H-pyrrole nitrogens is 1. The van der Waals surface area contributed by atoms with Crippen LogP contribution in [0, 0.1) is 5.92 Å².